The largest absolute Gasteiger partial charge is 0.488 e. The van der Waals surface area contributed by atoms with Crippen molar-refractivity contribution < 1.29 is 28.6 Å². The quantitative estimate of drug-likeness (QED) is 0.252. The van der Waals surface area contributed by atoms with Crippen LogP contribution in [0, 0.1) is 0 Å². The van der Waals surface area contributed by atoms with Gasteiger partial charge in [0.05, 0.1) is 32.0 Å². The minimum atomic E-state index is -0.607. The molecule has 0 spiro atoms. The van der Waals surface area contributed by atoms with E-state index in [0.29, 0.717) is 58.1 Å². The van der Waals surface area contributed by atoms with Crippen molar-refractivity contribution in [2.45, 2.75) is 38.6 Å². The summed E-state index contributed by atoms with van der Waals surface area (Å²) in [7, 11) is 0. The summed E-state index contributed by atoms with van der Waals surface area (Å²) in [6.07, 6.45) is 0.599. The monoisotopic (exact) mass is 516 g/mol. The zero-order valence-corrected chi connectivity index (χ0v) is 20.9. The molecule has 1 aromatic carbocycles. The molecule has 0 unspecified atom stereocenters. The maximum absolute atomic E-state index is 12.8. The number of amides is 3. The van der Waals surface area contributed by atoms with Gasteiger partial charge in [0.25, 0.3) is 5.91 Å². The van der Waals surface area contributed by atoms with E-state index in [1.54, 1.807) is 4.90 Å². The lowest BCUT2D eigenvalue weighted by Gasteiger charge is -2.29. The van der Waals surface area contributed by atoms with Crippen molar-refractivity contribution >= 4 is 29.1 Å². The second-order valence-electron chi connectivity index (χ2n) is 8.57. The van der Waals surface area contributed by atoms with E-state index >= 15 is 0 Å². The molecule has 0 radical (unpaired) electrons. The van der Waals surface area contributed by atoms with Crippen LogP contribution in [-0.4, -0.2) is 68.2 Å². The van der Waals surface area contributed by atoms with E-state index in [-0.39, 0.29) is 18.2 Å². The zero-order valence-electron chi connectivity index (χ0n) is 20.1. The number of ether oxygens (including phenoxy) is 3. The molecule has 4 rings (SSSR count). The lowest BCUT2D eigenvalue weighted by atomic mass is 10.0. The van der Waals surface area contributed by atoms with Gasteiger partial charge in [0.15, 0.2) is 0 Å². The first kappa shape index (κ1) is 26.2. The molecule has 11 heteroatoms. The van der Waals surface area contributed by atoms with Gasteiger partial charge in [-0.3, -0.25) is 19.7 Å². The first-order valence-electron chi connectivity index (χ1n) is 12.1. The third-order valence-corrected chi connectivity index (χ3v) is 7.07. The first-order chi connectivity index (χ1) is 17.6. The Morgan fingerprint density at radius 1 is 1.08 bits per heavy atom. The fourth-order valence-electron chi connectivity index (χ4n) is 4.16. The number of carbonyl (C=O) groups is 3. The van der Waals surface area contributed by atoms with Crippen LogP contribution in [0.2, 0.25) is 0 Å². The van der Waals surface area contributed by atoms with Gasteiger partial charge in [-0.15, -0.1) is 11.3 Å². The Bertz CT molecular complexity index is 1060. The first-order valence-corrected chi connectivity index (χ1v) is 13.0. The Balaban J connectivity index is 1.19. The Morgan fingerprint density at radius 2 is 1.86 bits per heavy atom. The molecule has 1 saturated heterocycles. The van der Waals surface area contributed by atoms with Gasteiger partial charge in [-0.2, -0.15) is 0 Å². The summed E-state index contributed by atoms with van der Waals surface area (Å²) in [5.74, 6) is -0.110. The molecule has 2 aliphatic heterocycles. The van der Waals surface area contributed by atoms with Crippen molar-refractivity contribution in [2.75, 3.05) is 39.5 Å². The highest BCUT2D eigenvalue weighted by molar-refractivity contribution is 7.10. The third-order valence-electron chi connectivity index (χ3n) is 6.07. The summed E-state index contributed by atoms with van der Waals surface area (Å²) in [5.41, 5.74) is 8.02. The van der Waals surface area contributed by atoms with E-state index in [0.717, 1.165) is 34.8 Å². The van der Waals surface area contributed by atoms with Crippen LogP contribution in [0.15, 0.2) is 29.6 Å². The number of nitrogens with two attached hydrogens (primary N) is 1. The van der Waals surface area contributed by atoms with Crippen LogP contribution in [0.4, 0.5) is 0 Å². The molecule has 10 nitrogen and oxygen atoms in total. The lowest BCUT2D eigenvalue weighted by Crippen LogP contribution is -2.52. The Morgan fingerprint density at radius 3 is 2.61 bits per heavy atom. The van der Waals surface area contributed by atoms with Crippen molar-refractivity contribution in [1.29, 1.82) is 0 Å². The molecule has 194 valence electrons. The predicted octanol–water partition coefficient (Wildman–Crippen LogP) is 1.17. The van der Waals surface area contributed by atoms with Crippen LogP contribution in [-0.2, 0) is 38.8 Å². The van der Waals surface area contributed by atoms with Crippen molar-refractivity contribution in [3.63, 3.8) is 0 Å². The van der Waals surface area contributed by atoms with Crippen molar-refractivity contribution in [2.24, 2.45) is 5.73 Å². The van der Waals surface area contributed by atoms with Gasteiger partial charge in [0.2, 0.25) is 11.8 Å². The second-order valence-corrected chi connectivity index (χ2v) is 9.54. The minimum absolute atomic E-state index is 0.163. The molecule has 1 atom stereocenters. The molecular formula is C25H32N4O6S. The smallest absolute Gasteiger partial charge is 0.256 e. The molecule has 36 heavy (non-hydrogen) atoms. The lowest BCUT2D eigenvalue weighted by molar-refractivity contribution is -0.136. The summed E-state index contributed by atoms with van der Waals surface area (Å²) in [4.78, 5) is 39.0. The van der Waals surface area contributed by atoms with Crippen molar-refractivity contribution in [1.82, 2.24) is 15.5 Å². The van der Waals surface area contributed by atoms with Crippen LogP contribution in [0.3, 0.4) is 0 Å². The molecule has 3 heterocycles. The molecule has 1 aromatic heterocycles. The summed E-state index contributed by atoms with van der Waals surface area (Å²) in [6, 6.07) is 7.27. The minimum Gasteiger partial charge on any atom is -0.488 e. The van der Waals surface area contributed by atoms with Crippen LogP contribution < -0.4 is 21.1 Å². The maximum atomic E-state index is 12.8. The maximum Gasteiger partial charge on any atom is 0.256 e. The average molecular weight is 517 g/mol. The second kappa shape index (κ2) is 12.9. The van der Waals surface area contributed by atoms with E-state index in [4.69, 9.17) is 19.9 Å². The van der Waals surface area contributed by atoms with E-state index in [1.165, 1.54) is 11.3 Å². The van der Waals surface area contributed by atoms with Gasteiger partial charge in [-0.05, 0) is 24.1 Å². The highest BCUT2D eigenvalue weighted by Gasteiger charge is 2.40. The fourth-order valence-corrected chi connectivity index (χ4v) is 5.11. The summed E-state index contributed by atoms with van der Waals surface area (Å²) in [5, 5.41) is 7.49. The van der Waals surface area contributed by atoms with Gasteiger partial charge >= 0.3 is 0 Å². The number of hydrogen-bond donors (Lipinski definition) is 3. The fraction of sp³-hybridized carbons (Fsp3) is 0.480. The number of benzene rings is 1. The van der Waals surface area contributed by atoms with Crippen LogP contribution in [0.1, 0.15) is 39.2 Å². The van der Waals surface area contributed by atoms with Gasteiger partial charge in [-0.1, -0.05) is 12.1 Å². The van der Waals surface area contributed by atoms with E-state index in [2.05, 4.69) is 10.6 Å². The molecule has 2 aliphatic rings. The number of nitrogens with zero attached hydrogens (tertiary/aromatic N) is 1. The van der Waals surface area contributed by atoms with Crippen LogP contribution in [0.25, 0.3) is 0 Å². The molecular weight excluding hydrogens is 484 g/mol. The topological polar surface area (TPSA) is 132 Å². The number of hydrogen-bond acceptors (Lipinski definition) is 9. The highest BCUT2D eigenvalue weighted by Crippen LogP contribution is 2.34. The molecule has 0 aliphatic carbocycles. The highest BCUT2D eigenvalue weighted by atomic mass is 32.1. The molecule has 4 N–H and O–H groups in total. The normalized spacial score (nSPS) is 17.4. The molecule has 3 amide bonds. The number of nitrogens with one attached hydrogen (secondary N) is 2. The number of thiophene rings is 1. The molecule has 1 fully saturated rings. The van der Waals surface area contributed by atoms with E-state index in [1.807, 2.05) is 29.6 Å². The van der Waals surface area contributed by atoms with Crippen LogP contribution in [0.5, 0.6) is 5.75 Å². The molecule has 0 saturated carbocycles. The Hall–Kier alpha value is -2.83. The Kier molecular flexibility index (Phi) is 9.42. The number of carbonyl (C=O) groups excluding carboxylic acids is 3. The van der Waals surface area contributed by atoms with E-state index in [9.17, 15) is 14.4 Å². The number of fused-ring (bicyclic) bond motifs is 1. The van der Waals surface area contributed by atoms with Gasteiger partial charge in [0, 0.05) is 48.4 Å². The predicted molar refractivity (Wildman–Crippen MR) is 134 cm³/mol. The van der Waals surface area contributed by atoms with Gasteiger partial charge in [-0.25, -0.2) is 0 Å². The number of piperidine rings is 1. The molecule has 0 bridgehead atoms. The van der Waals surface area contributed by atoms with Gasteiger partial charge in [0.1, 0.15) is 18.4 Å². The van der Waals surface area contributed by atoms with Crippen LogP contribution >= 0.6 is 11.3 Å². The standard InChI is InChI=1S/C25H32N4O6S/c26-7-9-33-11-12-34-10-8-27-13-17-1-3-18(4-2-17)35-15-22-19-14-29(25(32)20(19)16-36-22)21-5-6-23(30)28-24(21)31/h1-4,16,21,27H,5-15,26H2,(H,28,30,31)/t21-/m0/s1. The average Bonchev–Trinajstić information content (AvgIpc) is 3.42. The third kappa shape index (κ3) is 6.68. The summed E-state index contributed by atoms with van der Waals surface area (Å²) < 4.78 is 16.7. The Labute approximate surface area is 214 Å². The zero-order chi connectivity index (χ0) is 25.3. The SMILES string of the molecule is NCCOCCOCCNCc1ccc(OCc2scc3c2CN([C@H]2CCC(=O)NC2=O)C3=O)cc1. The van der Waals surface area contributed by atoms with Gasteiger partial charge < -0.3 is 30.2 Å². The summed E-state index contributed by atoms with van der Waals surface area (Å²) in [6.45, 7) is 4.98. The van der Waals surface area contributed by atoms with E-state index < -0.39 is 11.9 Å². The molecule has 2 aromatic rings. The van der Waals surface area contributed by atoms with Crippen molar-refractivity contribution in [3.8, 4) is 5.75 Å². The summed E-state index contributed by atoms with van der Waals surface area (Å²) >= 11 is 1.49. The number of imide groups is 1. The number of rotatable bonds is 14. The van der Waals surface area contributed by atoms with Crippen molar-refractivity contribution in [3.05, 3.63) is 51.2 Å².